The Morgan fingerprint density at radius 3 is 2.38 bits per heavy atom. The van der Waals surface area contributed by atoms with Crippen molar-refractivity contribution in [2.75, 3.05) is 0 Å². The molecule has 1 aliphatic carbocycles. The second-order valence-electron chi connectivity index (χ2n) is 8.74. The molecular formula is C19H33IO2SSi. The standard InChI is InChI=1S/C19H33IO2SSi/c1-19(2,3)24(4,5)22-18(14-9-7-6-8-10-14)11-17(21)15-12-23-13-16(15)20/h12-14,17-18,21H,6-11H2,1-5H3. The molecule has 0 bridgehead atoms. The van der Waals surface area contributed by atoms with Crippen LogP contribution in [0.15, 0.2) is 10.8 Å². The van der Waals surface area contributed by atoms with Crippen molar-refractivity contribution in [3.8, 4) is 0 Å². The molecular weight excluding hydrogens is 447 g/mol. The molecule has 1 aromatic heterocycles. The molecule has 1 saturated carbocycles. The number of aliphatic hydroxyl groups is 1. The summed E-state index contributed by atoms with van der Waals surface area (Å²) < 4.78 is 8.01. The van der Waals surface area contributed by atoms with Gasteiger partial charge < -0.3 is 9.53 Å². The molecule has 1 fully saturated rings. The number of hydrogen-bond donors (Lipinski definition) is 1. The lowest BCUT2D eigenvalue weighted by atomic mass is 9.83. The Hall–Kier alpha value is 0.567. The van der Waals surface area contributed by atoms with Gasteiger partial charge in [0.05, 0.1) is 12.2 Å². The van der Waals surface area contributed by atoms with Crippen LogP contribution in [0.5, 0.6) is 0 Å². The fourth-order valence-corrected chi connectivity index (χ4v) is 6.59. The minimum atomic E-state index is -1.83. The van der Waals surface area contributed by atoms with Crippen molar-refractivity contribution in [2.24, 2.45) is 5.92 Å². The monoisotopic (exact) mass is 480 g/mol. The molecule has 0 spiro atoms. The lowest BCUT2D eigenvalue weighted by molar-refractivity contribution is 0.0379. The predicted molar refractivity (Wildman–Crippen MR) is 115 cm³/mol. The van der Waals surface area contributed by atoms with Crippen LogP contribution in [0.3, 0.4) is 0 Å². The summed E-state index contributed by atoms with van der Waals surface area (Å²) in [6.07, 6.45) is 7.02. The van der Waals surface area contributed by atoms with Crippen LogP contribution in [0, 0.1) is 9.49 Å². The van der Waals surface area contributed by atoms with Gasteiger partial charge in [0.2, 0.25) is 0 Å². The third-order valence-electron chi connectivity index (χ3n) is 5.88. The average molecular weight is 481 g/mol. The van der Waals surface area contributed by atoms with E-state index in [1.54, 1.807) is 11.3 Å². The molecule has 1 aliphatic rings. The zero-order valence-corrected chi connectivity index (χ0v) is 19.7. The van der Waals surface area contributed by atoms with Gasteiger partial charge in [-0.15, -0.1) is 0 Å². The van der Waals surface area contributed by atoms with E-state index < -0.39 is 14.4 Å². The molecule has 0 radical (unpaired) electrons. The first-order chi connectivity index (χ1) is 11.1. The highest BCUT2D eigenvalue weighted by Gasteiger charge is 2.41. The zero-order valence-electron chi connectivity index (χ0n) is 15.8. The minimum absolute atomic E-state index is 0.192. The SMILES string of the molecule is CC(C)(C)[Si](C)(C)OC(CC(O)c1cscc1I)C1CCCCC1. The van der Waals surface area contributed by atoms with Gasteiger partial charge in [-0.2, -0.15) is 11.3 Å². The lowest BCUT2D eigenvalue weighted by Crippen LogP contribution is -2.46. The molecule has 1 aromatic rings. The Bertz CT molecular complexity index is 518. The van der Waals surface area contributed by atoms with E-state index in [-0.39, 0.29) is 11.1 Å². The summed E-state index contributed by atoms with van der Waals surface area (Å²) in [5.74, 6) is 0.610. The highest BCUT2D eigenvalue weighted by Crippen LogP contribution is 2.42. The van der Waals surface area contributed by atoms with E-state index in [1.807, 2.05) is 0 Å². The fourth-order valence-electron chi connectivity index (χ4n) is 3.27. The van der Waals surface area contributed by atoms with Crippen molar-refractivity contribution in [3.63, 3.8) is 0 Å². The van der Waals surface area contributed by atoms with Crippen LogP contribution >= 0.6 is 33.9 Å². The predicted octanol–water partition coefficient (Wildman–Crippen LogP) is 6.75. The number of rotatable bonds is 6. The molecule has 0 amide bonds. The first-order valence-corrected chi connectivity index (χ1v) is 14.1. The molecule has 2 rings (SSSR count). The quantitative estimate of drug-likeness (QED) is 0.361. The molecule has 0 aliphatic heterocycles. The Labute approximate surface area is 166 Å². The minimum Gasteiger partial charge on any atom is -0.414 e. The van der Waals surface area contributed by atoms with Gasteiger partial charge in [-0.05, 0) is 64.9 Å². The largest absolute Gasteiger partial charge is 0.414 e. The molecule has 138 valence electrons. The third kappa shape index (κ3) is 5.28. The second kappa shape index (κ2) is 8.50. The summed E-state index contributed by atoms with van der Waals surface area (Å²) in [4.78, 5) is 0. The maximum absolute atomic E-state index is 10.8. The molecule has 5 heteroatoms. The van der Waals surface area contributed by atoms with Crippen LogP contribution in [0.1, 0.15) is 71.0 Å². The first-order valence-electron chi connectivity index (χ1n) is 9.19. The fraction of sp³-hybridized carbons (Fsp3) is 0.789. The summed E-state index contributed by atoms with van der Waals surface area (Å²) in [6, 6.07) is 0. The van der Waals surface area contributed by atoms with E-state index in [2.05, 4.69) is 67.2 Å². The van der Waals surface area contributed by atoms with Gasteiger partial charge in [0.1, 0.15) is 0 Å². The van der Waals surface area contributed by atoms with Gasteiger partial charge in [-0.1, -0.05) is 40.0 Å². The number of hydrogen-bond acceptors (Lipinski definition) is 3. The van der Waals surface area contributed by atoms with E-state index >= 15 is 0 Å². The van der Waals surface area contributed by atoms with Crippen molar-refractivity contribution < 1.29 is 9.53 Å². The van der Waals surface area contributed by atoms with Gasteiger partial charge in [0.25, 0.3) is 0 Å². The highest BCUT2D eigenvalue weighted by molar-refractivity contribution is 14.1. The molecule has 0 saturated heterocycles. The molecule has 1 N–H and O–H groups in total. The molecule has 24 heavy (non-hydrogen) atoms. The van der Waals surface area contributed by atoms with Crippen LogP contribution in [0.4, 0.5) is 0 Å². The zero-order chi connectivity index (χ0) is 18.0. The van der Waals surface area contributed by atoms with Crippen molar-refractivity contribution in [2.45, 2.75) is 89.6 Å². The van der Waals surface area contributed by atoms with E-state index in [1.165, 1.54) is 35.7 Å². The van der Waals surface area contributed by atoms with E-state index in [0.29, 0.717) is 5.92 Å². The van der Waals surface area contributed by atoms with E-state index in [4.69, 9.17) is 4.43 Å². The van der Waals surface area contributed by atoms with Crippen molar-refractivity contribution >= 4 is 42.2 Å². The van der Waals surface area contributed by atoms with Crippen molar-refractivity contribution in [1.82, 2.24) is 0 Å². The molecule has 2 atom stereocenters. The summed E-state index contributed by atoms with van der Waals surface area (Å²) >= 11 is 4.01. The normalized spacial score (nSPS) is 20.1. The maximum Gasteiger partial charge on any atom is 0.192 e. The van der Waals surface area contributed by atoms with Crippen LogP contribution in [0.25, 0.3) is 0 Å². The summed E-state index contributed by atoms with van der Waals surface area (Å²) in [5, 5.41) is 15.2. The van der Waals surface area contributed by atoms with Gasteiger partial charge in [0.15, 0.2) is 8.32 Å². The Kier molecular flexibility index (Phi) is 7.40. The van der Waals surface area contributed by atoms with Gasteiger partial charge in [0, 0.05) is 20.9 Å². The van der Waals surface area contributed by atoms with Gasteiger partial charge >= 0.3 is 0 Å². The maximum atomic E-state index is 10.8. The van der Waals surface area contributed by atoms with Crippen LogP contribution in [-0.4, -0.2) is 19.5 Å². The van der Waals surface area contributed by atoms with Crippen LogP contribution in [-0.2, 0) is 4.43 Å². The molecule has 2 nitrogen and oxygen atoms in total. The molecule has 0 aromatic carbocycles. The van der Waals surface area contributed by atoms with Gasteiger partial charge in [-0.3, -0.25) is 0 Å². The summed E-state index contributed by atoms with van der Waals surface area (Å²) in [6.45, 7) is 11.6. The van der Waals surface area contributed by atoms with Gasteiger partial charge in [-0.25, -0.2) is 0 Å². The second-order valence-corrected chi connectivity index (χ2v) is 15.4. The Balaban J connectivity index is 2.15. The smallest absolute Gasteiger partial charge is 0.192 e. The van der Waals surface area contributed by atoms with Crippen LogP contribution < -0.4 is 0 Å². The average Bonchev–Trinajstić information content (AvgIpc) is 2.92. The first kappa shape index (κ1) is 20.9. The number of aliphatic hydroxyl groups excluding tert-OH is 1. The van der Waals surface area contributed by atoms with Crippen molar-refractivity contribution in [1.29, 1.82) is 0 Å². The highest BCUT2D eigenvalue weighted by atomic mass is 127. The number of thiophene rings is 1. The van der Waals surface area contributed by atoms with E-state index in [9.17, 15) is 5.11 Å². The number of halogens is 1. The Morgan fingerprint density at radius 1 is 1.25 bits per heavy atom. The third-order valence-corrected chi connectivity index (χ3v) is 12.5. The topological polar surface area (TPSA) is 29.5 Å². The summed E-state index contributed by atoms with van der Waals surface area (Å²) in [5.41, 5.74) is 1.08. The molecule has 1 heterocycles. The molecule has 2 unspecified atom stereocenters. The Morgan fingerprint density at radius 2 is 1.88 bits per heavy atom. The van der Waals surface area contributed by atoms with Crippen molar-refractivity contribution in [3.05, 3.63) is 19.9 Å². The van der Waals surface area contributed by atoms with Crippen LogP contribution in [0.2, 0.25) is 18.1 Å². The summed E-state index contributed by atoms with van der Waals surface area (Å²) in [7, 11) is -1.83. The van der Waals surface area contributed by atoms with E-state index in [0.717, 1.165) is 12.0 Å². The lowest BCUT2D eigenvalue weighted by Gasteiger charge is -2.43.